The standard InChI is InChI=1S/C21H22N2O2/c1-15-19(24)23-13-12-17-10-6-7-11-18(17)21(23,20(25)22(15)2)14-16-8-4-3-5-9-16/h3-11,15H,12-14H2,1-2H3/t15-,21+/m0/s1. The summed E-state index contributed by atoms with van der Waals surface area (Å²) in [6.45, 7) is 2.40. The number of nitrogens with zero attached hydrogens (tertiary/aromatic N) is 2. The maximum Gasteiger partial charge on any atom is 0.253 e. The first-order valence-corrected chi connectivity index (χ1v) is 8.77. The van der Waals surface area contributed by atoms with Crippen molar-refractivity contribution in [2.75, 3.05) is 13.6 Å². The molecule has 2 aromatic carbocycles. The lowest BCUT2D eigenvalue weighted by atomic mass is 9.73. The van der Waals surface area contributed by atoms with E-state index in [1.807, 2.05) is 60.4 Å². The number of likely N-dealkylation sites (N-methyl/N-ethyl adjacent to an activating group) is 1. The molecule has 4 nitrogen and oxygen atoms in total. The molecule has 128 valence electrons. The van der Waals surface area contributed by atoms with E-state index in [9.17, 15) is 9.59 Å². The Morgan fingerprint density at radius 1 is 1.04 bits per heavy atom. The summed E-state index contributed by atoms with van der Waals surface area (Å²) in [5, 5.41) is 0. The van der Waals surface area contributed by atoms with Gasteiger partial charge in [0, 0.05) is 20.0 Å². The fourth-order valence-electron chi connectivity index (χ4n) is 4.26. The summed E-state index contributed by atoms with van der Waals surface area (Å²) in [6, 6.07) is 17.6. The average Bonchev–Trinajstić information content (AvgIpc) is 2.65. The Kier molecular flexibility index (Phi) is 3.64. The lowest BCUT2D eigenvalue weighted by Crippen LogP contribution is -2.70. The summed E-state index contributed by atoms with van der Waals surface area (Å²) in [7, 11) is 1.74. The molecule has 0 saturated carbocycles. The molecule has 25 heavy (non-hydrogen) atoms. The summed E-state index contributed by atoms with van der Waals surface area (Å²) in [4.78, 5) is 30.0. The lowest BCUT2D eigenvalue weighted by molar-refractivity contribution is -0.170. The maximum absolute atomic E-state index is 13.5. The normalized spacial score (nSPS) is 25.6. The summed E-state index contributed by atoms with van der Waals surface area (Å²) in [5.41, 5.74) is 2.27. The third-order valence-corrected chi connectivity index (χ3v) is 5.71. The van der Waals surface area contributed by atoms with Gasteiger partial charge in [0.05, 0.1) is 0 Å². The first-order chi connectivity index (χ1) is 12.1. The Bertz CT molecular complexity index is 833. The minimum Gasteiger partial charge on any atom is -0.332 e. The van der Waals surface area contributed by atoms with Gasteiger partial charge in [0.1, 0.15) is 6.04 Å². The van der Waals surface area contributed by atoms with Gasteiger partial charge < -0.3 is 9.80 Å². The molecule has 0 bridgehead atoms. The van der Waals surface area contributed by atoms with E-state index in [1.165, 1.54) is 5.56 Å². The Labute approximate surface area is 148 Å². The third-order valence-electron chi connectivity index (χ3n) is 5.71. The van der Waals surface area contributed by atoms with Crippen molar-refractivity contribution in [1.29, 1.82) is 0 Å². The van der Waals surface area contributed by atoms with Crippen LogP contribution in [0.1, 0.15) is 23.6 Å². The quantitative estimate of drug-likeness (QED) is 0.846. The van der Waals surface area contributed by atoms with Crippen molar-refractivity contribution < 1.29 is 9.59 Å². The topological polar surface area (TPSA) is 40.6 Å². The van der Waals surface area contributed by atoms with Gasteiger partial charge in [-0.25, -0.2) is 0 Å². The van der Waals surface area contributed by atoms with Crippen LogP contribution < -0.4 is 0 Å². The van der Waals surface area contributed by atoms with Crippen LogP contribution in [-0.2, 0) is 28.0 Å². The van der Waals surface area contributed by atoms with Gasteiger partial charge in [0.25, 0.3) is 5.91 Å². The van der Waals surface area contributed by atoms with Gasteiger partial charge in [0.2, 0.25) is 5.91 Å². The number of piperazine rings is 1. The second-order valence-electron chi connectivity index (χ2n) is 7.01. The van der Waals surface area contributed by atoms with Gasteiger partial charge in [-0.3, -0.25) is 9.59 Å². The molecule has 0 unspecified atom stereocenters. The van der Waals surface area contributed by atoms with Gasteiger partial charge in [0.15, 0.2) is 5.54 Å². The maximum atomic E-state index is 13.5. The molecule has 0 radical (unpaired) electrons. The highest BCUT2D eigenvalue weighted by Crippen LogP contribution is 2.43. The van der Waals surface area contributed by atoms with E-state index in [0.29, 0.717) is 13.0 Å². The van der Waals surface area contributed by atoms with Gasteiger partial charge in [-0.15, -0.1) is 0 Å². The van der Waals surface area contributed by atoms with Crippen molar-refractivity contribution in [3.63, 3.8) is 0 Å². The molecule has 0 aliphatic carbocycles. The van der Waals surface area contributed by atoms with E-state index in [-0.39, 0.29) is 11.8 Å². The molecule has 2 aliphatic heterocycles. The van der Waals surface area contributed by atoms with E-state index >= 15 is 0 Å². The molecule has 4 heteroatoms. The number of benzene rings is 2. The highest BCUT2D eigenvalue weighted by Gasteiger charge is 2.57. The molecule has 1 saturated heterocycles. The first-order valence-electron chi connectivity index (χ1n) is 8.77. The largest absolute Gasteiger partial charge is 0.332 e. The van der Waals surface area contributed by atoms with E-state index < -0.39 is 11.6 Å². The van der Waals surface area contributed by atoms with Crippen molar-refractivity contribution in [2.24, 2.45) is 0 Å². The molecule has 2 aliphatic rings. The Morgan fingerprint density at radius 2 is 1.72 bits per heavy atom. The van der Waals surface area contributed by atoms with Crippen LogP contribution in [0.3, 0.4) is 0 Å². The van der Waals surface area contributed by atoms with Crippen molar-refractivity contribution in [2.45, 2.75) is 31.3 Å². The van der Waals surface area contributed by atoms with E-state index in [4.69, 9.17) is 0 Å². The van der Waals surface area contributed by atoms with Gasteiger partial charge in [-0.1, -0.05) is 54.6 Å². The van der Waals surface area contributed by atoms with Crippen LogP contribution in [0.15, 0.2) is 54.6 Å². The third kappa shape index (κ3) is 2.20. The number of carbonyl (C=O) groups is 2. The summed E-state index contributed by atoms with van der Waals surface area (Å²) >= 11 is 0. The SMILES string of the molecule is C[C@H]1C(=O)N2CCc3ccccc3[C@]2(Cc2ccccc2)C(=O)N1C. The molecule has 0 aromatic heterocycles. The Hall–Kier alpha value is -2.62. The number of rotatable bonds is 2. The second-order valence-corrected chi connectivity index (χ2v) is 7.01. The smallest absolute Gasteiger partial charge is 0.253 e. The number of hydrogen-bond donors (Lipinski definition) is 0. The molecule has 0 N–H and O–H groups in total. The van der Waals surface area contributed by atoms with Crippen LogP contribution in [0.25, 0.3) is 0 Å². The summed E-state index contributed by atoms with van der Waals surface area (Å²) in [6.07, 6.45) is 1.30. The number of carbonyl (C=O) groups excluding carboxylic acids is 2. The number of amides is 2. The average molecular weight is 334 g/mol. The molecule has 0 spiro atoms. The van der Waals surface area contributed by atoms with Crippen LogP contribution in [0.4, 0.5) is 0 Å². The van der Waals surface area contributed by atoms with Crippen molar-refractivity contribution in [1.82, 2.24) is 9.80 Å². The van der Waals surface area contributed by atoms with E-state index in [0.717, 1.165) is 17.5 Å². The molecule has 2 aromatic rings. The monoisotopic (exact) mass is 334 g/mol. The van der Waals surface area contributed by atoms with Crippen molar-refractivity contribution in [3.8, 4) is 0 Å². The van der Waals surface area contributed by atoms with Crippen LogP contribution in [0.5, 0.6) is 0 Å². The zero-order valence-corrected chi connectivity index (χ0v) is 14.6. The fourth-order valence-corrected chi connectivity index (χ4v) is 4.26. The first kappa shape index (κ1) is 15.9. The van der Waals surface area contributed by atoms with Gasteiger partial charge in [-0.05, 0) is 30.0 Å². The van der Waals surface area contributed by atoms with E-state index in [2.05, 4.69) is 6.07 Å². The Balaban J connectivity index is 1.94. The predicted molar refractivity (Wildman–Crippen MR) is 95.9 cm³/mol. The van der Waals surface area contributed by atoms with Crippen LogP contribution in [-0.4, -0.2) is 41.2 Å². The fraction of sp³-hybridized carbons (Fsp3) is 0.333. The number of fused-ring (bicyclic) bond motifs is 3. The van der Waals surface area contributed by atoms with Crippen molar-refractivity contribution >= 4 is 11.8 Å². The van der Waals surface area contributed by atoms with Gasteiger partial charge >= 0.3 is 0 Å². The lowest BCUT2D eigenvalue weighted by Gasteiger charge is -2.53. The summed E-state index contributed by atoms with van der Waals surface area (Å²) in [5.74, 6) is 0.0446. The minimum absolute atomic E-state index is 0.00982. The molecular formula is C21H22N2O2. The highest BCUT2D eigenvalue weighted by atomic mass is 16.2. The van der Waals surface area contributed by atoms with Crippen LogP contribution in [0.2, 0.25) is 0 Å². The molecule has 4 rings (SSSR count). The predicted octanol–water partition coefficient (Wildman–Crippen LogP) is 2.37. The minimum atomic E-state index is -0.936. The van der Waals surface area contributed by atoms with Crippen LogP contribution in [0, 0.1) is 0 Å². The van der Waals surface area contributed by atoms with Gasteiger partial charge in [-0.2, -0.15) is 0 Å². The zero-order valence-electron chi connectivity index (χ0n) is 14.6. The zero-order chi connectivity index (χ0) is 17.6. The van der Waals surface area contributed by atoms with Crippen LogP contribution >= 0.6 is 0 Å². The number of hydrogen-bond acceptors (Lipinski definition) is 2. The molecule has 2 amide bonds. The molecular weight excluding hydrogens is 312 g/mol. The Morgan fingerprint density at radius 3 is 2.48 bits per heavy atom. The molecule has 1 fully saturated rings. The summed E-state index contributed by atoms with van der Waals surface area (Å²) < 4.78 is 0. The highest BCUT2D eigenvalue weighted by molar-refractivity contribution is 6.01. The second kappa shape index (κ2) is 5.73. The van der Waals surface area contributed by atoms with E-state index in [1.54, 1.807) is 11.9 Å². The van der Waals surface area contributed by atoms with Crippen molar-refractivity contribution in [3.05, 3.63) is 71.3 Å². The molecule has 2 heterocycles. The molecule has 2 atom stereocenters.